The largest absolute Gasteiger partial charge is 0.790 e. The molecule has 0 spiro atoms. The van der Waals surface area contributed by atoms with Gasteiger partial charge in [0.05, 0.1) is 26.5 Å². The van der Waals surface area contributed by atoms with Crippen molar-refractivity contribution >= 4 is 19.7 Å². The van der Waals surface area contributed by atoms with Gasteiger partial charge in [0.1, 0.15) is 24.4 Å². The summed E-state index contributed by atoms with van der Waals surface area (Å²) in [5.74, 6) is -2.26. The molecule has 1 amide bonds. The molecule has 3 N–H and O–H groups in total. The van der Waals surface area contributed by atoms with E-state index in [0.29, 0.717) is 0 Å². The second-order valence-electron chi connectivity index (χ2n) is 5.09. The van der Waals surface area contributed by atoms with Crippen LogP contribution in [0.15, 0.2) is 0 Å². The lowest BCUT2D eigenvalue weighted by molar-refractivity contribution is -0.346. The zero-order valence-electron chi connectivity index (χ0n) is 12.7. The second kappa shape index (κ2) is 8.32. The predicted octanol–water partition coefficient (Wildman–Crippen LogP) is -5.06. The van der Waals surface area contributed by atoms with Gasteiger partial charge in [0.25, 0.3) is 0 Å². The van der Waals surface area contributed by atoms with E-state index in [1.165, 1.54) is 0 Å². The molecule has 1 fully saturated rings. The van der Waals surface area contributed by atoms with Crippen LogP contribution in [0.4, 0.5) is 0 Å². The predicted molar refractivity (Wildman–Crippen MR) is 67.4 cm³/mol. The smallest absolute Gasteiger partial charge is 0.217 e. The fourth-order valence-corrected chi connectivity index (χ4v) is 2.41. The highest BCUT2D eigenvalue weighted by atomic mass is 31.2. The van der Waals surface area contributed by atoms with Gasteiger partial charge >= 0.3 is 0 Å². The summed E-state index contributed by atoms with van der Waals surface area (Å²) in [4.78, 5) is 43.0. The maximum Gasteiger partial charge on any atom is 0.217 e. The Kier molecular flexibility index (Phi) is 7.25. The van der Waals surface area contributed by atoms with Crippen LogP contribution in [0, 0.1) is 0 Å². The molecule has 12 nitrogen and oxygen atoms in total. The van der Waals surface area contributed by atoms with Crippen LogP contribution in [0.25, 0.3) is 0 Å². The Balaban J connectivity index is 2.95. The molecular formula is C11H17NO11P-3. The van der Waals surface area contributed by atoms with E-state index in [1.54, 1.807) is 0 Å². The summed E-state index contributed by atoms with van der Waals surface area (Å²) in [6, 6.07) is -1.36. The van der Waals surface area contributed by atoms with Crippen molar-refractivity contribution in [2.45, 2.75) is 50.6 Å². The number of ether oxygens (including phenoxy) is 2. The SMILES string of the molecule is CC(=O)N[C@@H]1[C@@H](O[C@H](C)C(=O)[O-])[C@H](O)[C@@H](COP(=O)([O-])[O-])O[C@H]1O. The molecule has 1 aliphatic rings. The summed E-state index contributed by atoms with van der Waals surface area (Å²) in [6.45, 7) is 1.25. The molecule has 24 heavy (non-hydrogen) atoms. The molecule has 1 aliphatic heterocycles. The van der Waals surface area contributed by atoms with Crippen molar-refractivity contribution in [1.82, 2.24) is 5.32 Å². The van der Waals surface area contributed by atoms with E-state index in [4.69, 9.17) is 9.47 Å². The number of aliphatic hydroxyl groups excluding tert-OH is 2. The second-order valence-corrected chi connectivity index (χ2v) is 6.24. The molecule has 13 heteroatoms. The molecule has 140 valence electrons. The van der Waals surface area contributed by atoms with E-state index >= 15 is 0 Å². The fraction of sp³-hybridized carbons (Fsp3) is 0.818. The number of hydrogen-bond donors (Lipinski definition) is 3. The number of nitrogens with one attached hydrogen (secondary N) is 1. The summed E-state index contributed by atoms with van der Waals surface area (Å²) in [7, 11) is -5.37. The van der Waals surface area contributed by atoms with Crippen LogP contribution in [0.1, 0.15) is 13.8 Å². The molecule has 0 aromatic carbocycles. The van der Waals surface area contributed by atoms with Crippen molar-refractivity contribution in [3.05, 3.63) is 0 Å². The number of aliphatic carboxylic acids is 1. The average Bonchev–Trinajstić information content (AvgIpc) is 2.43. The minimum Gasteiger partial charge on any atom is -0.790 e. The zero-order chi connectivity index (χ0) is 18.7. The van der Waals surface area contributed by atoms with Crippen molar-refractivity contribution in [2.75, 3.05) is 6.61 Å². The Morgan fingerprint density at radius 1 is 1.38 bits per heavy atom. The van der Waals surface area contributed by atoms with E-state index < -0.39 is 63.1 Å². The van der Waals surface area contributed by atoms with E-state index in [1.807, 2.05) is 0 Å². The van der Waals surface area contributed by atoms with E-state index in [-0.39, 0.29) is 0 Å². The highest BCUT2D eigenvalue weighted by Gasteiger charge is 2.46. The van der Waals surface area contributed by atoms with Gasteiger partial charge in [-0.2, -0.15) is 0 Å². The van der Waals surface area contributed by atoms with Crippen LogP contribution in [-0.4, -0.2) is 65.4 Å². The van der Waals surface area contributed by atoms with E-state index in [9.17, 15) is 39.3 Å². The molecule has 1 heterocycles. The van der Waals surface area contributed by atoms with Gasteiger partial charge in [-0.05, 0) is 6.92 Å². The van der Waals surface area contributed by atoms with Crippen molar-refractivity contribution in [3.8, 4) is 0 Å². The maximum absolute atomic E-state index is 11.2. The molecule has 0 aliphatic carbocycles. The minimum atomic E-state index is -5.37. The third-order valence-electron chi connectivity index (χ3n) is 3.15. The van der Waals surface area contributed by atoms with Crippen LogP contribution >= 0.6 is 7.82 Å². The third-order valence-corrected chi connectivity index (χ3v) is 3.62. The summed E-state index contributed by atoms with van der Waals surface area (Å²) < 4.78 is 24.4. The topological polar surface area (TPSA) is 201 Å². The van der Waals surface area contributed by atoms with Gasteiger partial charge in [0.15, 0.2) is 6.29 Å². The van der Waals surface area contributed by atoms with Crippen molar-refractivity contribution in [3.63, 3.8) is 0 Å². The molecular weight excluding hydrogens is 353 g/mol. The van der Waals surface area contributed by atoms with Crippen LogP contribution in [-0.2, 0) is 28.2 Å². The number of phosphoric ester groups is 1. The molecule has 0 unspecified atom stereocenters. The number of aliphatic hydroxyl groups is 2. The first-order valence-electron chi connectivity index (χ1n) is 6.74. The van der Waals surface area contributed by atoms with Gasteiger partial charge in [-0.25, -0.2) is 0 Å². The van der Waals surface area contributed by atoms with Gasteiger partial charge in [-0.1, -0.05) is 0 Å². The summed E-state index contributed by atoms with van der Waals surface area (Å²) in [5, 5.41) is 33.0. The monoisotopic (exact) mass is 370 g/mol. The lowest BCUT2D eigenvalue weighted by Crippen LogP contribution is -2.65. The van der Waals surface area contributed by atoms with Gasteiger partial charge in [0.2, 0.25) is 5.91 Å². The Morgan fingerprint density at radius 2 is 1.96 bits per heavy atom. The van der Waals surface area contributed by atoms with Gasteiger partial charge in [-0.3, -0.25) is 4.79 Å². The summed E-state index contributed by atoms with van der Waals surface area (Å²) in [6.07, 6.45) is -8.07. The normalized spacial score (nSPS) is 32.2. The lowest BCUT2D eigenvalue weighted by Gasteiger charge is -2.44. The standard InChI is InChI=1S/C11H20NO11P/c1-4(10(15)16)22-9-7(12-5(2)13)11(17)23-6(8(9)14)3-21-24(18,19)20/h4,6-9,11,14,17H,3H2,1-2H3,(H,12,13)(H,15,16)(H2,18,19,20)/p-3/t4-,6-,7-,8-,9-,11-/m1/s1. The molecule has 1 rings (SSSR count). The highest BCUT2D eigenvalue weighted by Crippen LogP contribution is 2.29. The van der Waals surface area contributed by atoms with Gasteiger partial charge in [-0.15, -0.1) is 0 Å². The number of amides is 1. The van der Waals surface area contributed by atoms with Crippen LogP contribution in [0.3, 0.4) is 0 Å². The number of phosphoric acid groups is 1. The first-order valence-corrected chi connectivity index (χ1v) is 8.20. The molecule has 0 radical (unpaired) electrons. The molecule has 6 atom stereocenters. The number of carboxylic acids is 1. The Bertz CT molecular complexity index is 508. The lowest BCUT2D eigenvalue weighted by atomic mass is 9.96. The molecule has 0 saturated carbocycles. The average molecular weight is 370 g/mol. The van der Waals surface area contributed by atoms with Crippen molar-refractivity contribution < 1.29 is 53.3 Å². The van der Waals surface area contributed by atoms with Gasteiger partial charge in [0, 0.05) is 6.92 Å². The van der Waals surface area contributed by atoms with E-state index in [0.717, 1.165) is 13.8 Å². The zero-order valence-corrected chi connectivity index (χ0v) is 13.6. The molecule has 1 saturated heterocycles. The molecule has 0 bridgehead atoms. The molecule has 0 aromatic rings. The Morgan fingerprint density at radius 3 is 2.42 bits per heavy atom. The van der Waals surface area contributed by atoms with Gasteiger partial charge < -0.3 is 53.8 Å². The first-order chi connectivity index (χ1) is 10.9. The number of carbonyl (C=O) groups excluding carboxylic acids is 2. The van der Waals surface area contributed by atoms with Crippen LogP contribution in [0.2, 0.25) is 0 Å². The maximum atomic E-state index is 11.2. The molecule has 0 aromatic heterocycles. The quantitative estimate of drug-likeness (QED) is 0.362. The number of carbonyl (C=O) groups is 2. The van der Waals surface area contributed by atoms with E-state index in [2.05, 4.69) is 9.84 Å². The fourth-order valence-electron chi connectivity index (χ4n) is 2.08. The minimum absolute atomic E-state index is 0.636. The van der Waals surface area contributed by atoms with Crippen LogP contribution < -0.4 is 20.2 Å². The van der Waals surface area contributed by atoms with Crippen molar-refractivity contribution in [1.29, 1.82) is 0 Å². The third kappa shape index (κ3) is 6.07. The number of hydrogen-bond acceptors (Lipinski definition) is 11. The van der Waals surface area contributed by atoms with Crippen LogP contribution in [0.5, 0.6) is 0 Å². The Labute approximate surface area is 136 Å². The highest BCUT2D eigenvalue weighted by molar-refractivity contribution is 7.43. The summed E-state index contributed by atoms with van der Waals surface area (Å²) >= 11 is 0. The Hall–Kier alpha value is -1.11. The number of rotatable bonds is 7. The van der Waals surface area contributed by atoms with Crippen molar-refractivity contribution in [2.24, 2.45) is 0 Å². The summed E-state index contributed by atoms with van der Waals surface area (Å²) in [5.41, 5.74) is 0. The first kappa shape index (κ1) is 20.9. The number of carboxylic acid groups (broad SMARTS) is 1.